The van der Waals surface area contributed by atoms with Crippen LogP contribution in [0.15, 0.2) is 40.2 Å². The van der Waals surface area contributed by atoms with Crippen molar-refractivity contribution in [2.75, 3.05) is 5.75 Å². The molecule has 2 aliphatic heterocycles. The SMILES string of the molecule is C[n+]1ccn2nc(SC3=C(C(=O)[O-])N4C(=O)[C@@H](N)[C@H]4SC3)ccc21. The van der Waals surface area contributed by atoms with Gasteiger partial charge in [-0.1, -0.05) is 16.9 Å². The van der Waals surface area contributed by atoms with Gasteiger partial charge < -0.3 is 15.6 Å². The zero-order valence-electron chi connectivity index (χ0n) is 12.6. The highest BCUT2D eigenvalue weighted by Gasteiger charge is 2.50. The molecule has 2 aliphatic rings. The number of fused-ring (bicyclic) bond motifs is 2. The van der Waals surface area contributed by atoms with Crippen molar-refractivity contribution in [1.29, 1.82) is 0 Å². The number of aryl methyl sites for hydroxylation is 1. The zero-order valence-corrected chi connectivity index (χ0v) is 14.2. The number of rotatable bonds is 3. The Morgan fingerprint density at radius 1 is 1.54 bits per heavy atom. The average molecular weight is 363 g/mol. The minimum atomic E-state index is -1.36. The van der Waals surface area contributed by atoms with E-state index in [-0.39, 0.29) is 17.0 Å². The van der Waals surface area contributed by atoms with Crippen molar-refractivity contribution in [2.45, 2.75) is 16.4 Å². The van der Waals surface area contributed by atoms with Crippen LogP contribution >= 0.6 is 23.5 Å². The summed E-state index contributed by atoms with van der Waals surface area (Å²) in [6.45, 7) is 0. The van der Waals surface area contributed by atoms with E-state index in [2.05, 4.69) is 5.10 Å². The van der Waals surface area contributed by atoms with E-state index in [4.69, 9.17) is 5.73 Å². The maximum atomic E-state index is 11.9. The number of aromatic nitrogens is 3. The van der Waals surface area contributed by atoms with Crippen molar-refractivity contribution in [3.8, 4) is 0 Å². The molecule has 0 spiro atoms. The molecule has 0 aromatic carbocycles. The van der Waals surface area contributed by atoms with Gasteiger partial charge in [0.2, 0.25) is 5.91 Å². The highest BCUT2D eigenvalue weighted by Crippen LogP contribution is 2.43. The van der Waals surface area contributed by atoms with Gasteiger partial charge in [-0.3, -0.25) is 9.69 Å². The largest absolute Gasteiger partial charge is 0.543 e. The summed E-state index contributed by atoms with van der Waals surface area (Å²) in [6.07, 6.45) is 3.70. The molecule has 1 fully saturated rings. The molecule has 8 nitrogen and oxygen atoms in total. The number of imidazole rings is 1. The lowest BCUT2D eigenvalue weighted by atomic mass is 10.1. The number of hydrogen-bond acceptors (Lipinski definition) is 7. The molecule has 124 valence electrons. The summed E-state index contributed by atoms with van der Waals surface area (Å²) >= 11 is 2.68. The zero-order chi connectivity index (χ0) is 17.0. The molecule has 0 radical (unpaired) electrons. The number of thioether (sulfide) groups is 2. The van der Waals surface area contributed by atoms with E-state index in [0.29, 0.717) is 15.7 Å². The van der Waals surface area contributed by atoms with Crippen molar-refractivity contribution in [3.63, 3.8) is 0 Å². The summed E-state index contributed by atoms with van der Waals surface area (Å²) in [7, 11) is 1.91. The molecule has 2 atom stereocenters. The lowest BCUT2D eigenvalue weighted by molar-refractivity contribution is -0.644. The Morgan fingerprint density at radius 3 is 3.08 bits per heavy atom. The quantitative estimate of drug-likeness (QED) is 0.520. The van der Waals surface area contributed by atoms with E-state index in [0.717, 1.165) is 5.65 Å². The fourth-order valence-corrected chi connectivity index (χ4v) is 5.15. The molecule has 2 aromatic heterocycles. The van der Waals surface area contributed by atoms with Crippen LogP contribution in [0.2, 0.25) is 0 Å². The maximum Gasteiger partial charge on any atom is 0.306 e. The fourth-order valence-electron chi connectivity index (χ4n) is 2.78. The van der Waals surface area contributed by atoms with E-state index in [1.54, 1.807) is 4.52 Å². The number of carboxylic acids is 1. The molecule has 24 heavy (non-hydrogen) atoms. The predicted molar refractivity (Wildman–Crippen MR) is 85.3 cm³/mol. The molecular formula is C14H13N5O3S2. The number of β-lactam (4-membered cyclic amide) rings is 1. The van der Waals surface area contributed by atoms with Crippen LogP contribution in [0.3, 0.4) is 0 Å². The van der Waals surface area contributed by atoms with Gasteiger partial charge in [0.05, 0.1) is 18.7 Å². The molecular weight excluding hydrogens is 350 g/mol. The first-order valence-electron chi connectivity index (χ1n) is 7.14. The van der Waals surface area contributed by atoms with Crippen molar-refractivity contribution in [2.24, 2.45) is 12.8 Å². The minimum Gasteiger partial charge on any atom is -0.543 e. The highest BCUT2D eigenvalue weighted by molar-refractivity contribution is 8.06. The molecule has 1 amide bonds. The maximum absolute atomic E-state index is 11.9. The van der Waals surface area contributed by atoms with Crippen LogP contribution in [-0.4, -0.2) is 43.6 Å². The first-order valence-corrected chi connectivity index (χ1v) is 9.00. The van der Waals surface area contributed by atoms with E-state index >= 15 is 0 Å². The van der Waals surface area contributed by atoms with Crippen LogP contribution in [-0.2, 0) is 16.6 Å². The second-order valence-corrected chi connectivity index (χ2v) is 7.70. The van der Waals surface area contributed by atoms with Gasteiger partial charge in [0, 0.05) is 16.7 Å². The van der Waals surface area contributed by atoms with Gasteiger partial charge in [-0.05, 0) is 6.07 Å². The lowest BCUT2D eigenvalue weighted by Gasteiger charge is -2.49. The van der Waals surface area contributed by atoms with Crippen molar-refractivity contribution in [3.05, 3.63) is 35.1 Å². The summed E-state index contributed by atoms with van der Waals surface area (Å²) in [5, 5.41) is 16.3. The summed E-state index contributed by atoms with van der Waals surface area (Å²) in [5.41, 5.74) is 6.55. The third-order valence-corrected chi connectivity index (χ3v) is 6.50. The normalized spacial score (nSPS) is 23.4. The van der Waals surface area contributed by atoms with E-state index < -0.39 is 12.0 Å². The number of hydrogen-bond donors (Lipinski definition) is 1. The number of carboxylic acid groups (broad SMARTS) is 1. The predicted octanol–water partition coefficient (Wildman–Crippen LogP) is -1.55. The van der Waals surface area contributed by atoms with Gasteiger partial charge >= 0.3 is 5.65 Å². The standard InChI is InChI=1S/C14H13N5O3S2/c1-17-4-5-18-9(17)3-2-8(16-18)24-7-6-23-13-10(15)12(20)19(13)11(7)14(21)22/h2-5,10,13H,6,15H2,1H3/t10-,13-/m1/s1. The first-order chi connectivity index (χ1) is 11.5. The number of carbonyl (C=O) groups is 2. The monoisotopic (exact) mass is 363 g/mol. The van der Waals surface area contributed by atoms with Crippen molar-refractivity contribution >= 4 is 41.0 Å². The van der Waals surface area contributed by atoms with Gasteiger partial charge in [-0.15, -0.1) is 16.3 Å². The Morgan fingerprint density at radius 2 is 2.33 bits per heavy atom. The molecule has 4 rings (SSSR count). The van der Waals surface area contributed by atoms with Gasteiger partial charge in [-0.2, -0.15) is 0 Å². The van der Waals surface area contributed by atoms with E-state index in [9.17, 15) is 14.7 Å². The van der Waals surface area contributed by atoms with Crippen LogP contribution < -0.4 is 15.4 Å². The Balaban J connectivity index is 1.70. The molecule has 1 saturated heterocycles. The molecule has 4 heterocycles. The number of aliphatic carboxylic acids is 1. The van der Waals surface area contributed by atoms with Gasteiger partial charge in [0.15, 0.2) is 6.20 Å². The first kappa shape index (κ1) is 15.5. The van der Waals surface area contributed by atoms with Crippen LogP contribution in [0.5, 0.6) is 0 Å². The second-order valence-electron chi connectivity index (χ2n) is 5.48. The third-order valence-electron chi connectivity index (χ3n) is 4.00. The minimum absolute atomic E-state index is 0.0876. The smallest absolute Gasteiger partial charge is 0.306 e. The topological polar surface area (TPSA) is 108 Å². The number of nitrogens with two attached hydrogens (primary N) is 1. The Labute approximate surface area is 145 Å². The van der Waals surface area contributed by atoms with Gasteiger partial charge in [0.25, 0.3) is 0 Å². The van der Waals surface area contributed by atoms with Crippen molar-refractivity contribution in [1.82, 2.24) is 14.5 Å². The molecule has 0 bridgehead atoms. The Bertz CT molecular complexity index is 909. The Hall–Kier alpha value is -2.04. The molecule has 2 aromatic rings. The second kappa shape index (κ2) is 5.50. The molecule has 0 saturated carbocycles. The van der Waals surface area contributed by atoms with Crippen LogP contribution in [0.25, 0.3) is 5.65 Å². The summed E-state index contributed by atoms with van der Waals surface area (Å²) < 4.78 is 3.64. The number of nitrogens with zero attached hydrogens (tertiary/aromatic N) is 4. The lowest BCUT2D eigenvalue weighted by Crippen LogP contribution is -2.69. The third kappa shape index (κ3) is 2.21. The van der Waals surface area contributed by atoms with E-state index in [1.807, 2.05) is 36.1 Å². The molecule has 0 aliphatic carbocycles. The summed E-state index contributed by atoms with van der Waals surface area (Å²) in [5.74, 6) is -1.29. The highest BCUT2D eigenvalue weighted by atomic mass is 32.2. The number of amides is 1. The van der Waals surface area contributed by atoms with E-state index in [1.165, 1.54) is 28.4 Å². The molecule has 0 unspecified atom stereocenters. The number of carbonyl (C=O) groups excluding carboxylic acids is 2. The van der Waals surface area contributed by atoms with Gasteiger partial charge in [-0.25, -0.2) is 4.57 Å². The Kier molecular flexibility index (Phi) is 3.55. The van der Waals surface area contributed by atoms with Crippen molar-refractivity contribution < 1.29 is 19.3 Å². The average Bonchev–Trinajstić information content (AvgIpc) is 2.94. The molecule has 10 heteroatoms. The van der Waals surface area contributed by atoms with Crippen LogP contribution in [0.1, 0.15) is 0 Å². The van der Waals surface area contributed by atoms with Crippen LogP contribution in [0.4, 0.5) is 0 Å². The van der Waals surface area contributed by atoms with Gasteiger partial charge in [0.1, 0.15) is 22.6 Å². The fraction of sp³-hybridized carbons (Fsp3) is 0.286. The molecule has 2 N–H and O–H groups in total. The summed E-state index contributed by atoms with van der Waals surface area (Å²) in [6, 6.07) is 3.07. The van der Waals surface area contributed by atoms with Crippen LogP contribution in [0, 0.1) is 0 Å². The summed E-state index contributed by atoms with van der Waals surface area (Å²) in [4.78, 5) is 25.2.